The normalized spacial score (nSPS) is 48.7. The van der Waals surface area contributed by atoms with Gasteiger partial charge in [0, 0.05) is 23.7 Å². The lowest BCUT2D eigenvalue weighted by Crippen LogP contribution is -2.43. The van der Waals surface area contributed by atoms with Gasteiger partial charge in [-0.2, -0.15) is 0 Å². The summed E-state index contributed by atoms with van der Waals surface area (Å²) in [6.45, 7) is 10.3. The molecule has 3 aliphatic rings. The van der Waals surface area contributed by atoms with Crippen LogP contribution in [0.2, 0.25) is 0 Å². The van der Waals surface area contributed by atoms with E-state index in [2.05, 4.69) is 33.8 Å². The molecular formula is C17H26O3. The van der Waals surface area contributed by atoms with Crippen LogP contribution in [-0.4, -0.2) is 23.3 Å². The third-order valence-electron chi connectivity index (χ3n) is 6.38. The number of hydrogen-bond acceptors (Lipinski definition) is 3. The van der Waals surface area contributed by atoms with Gasteiger partial charge >= 0.3 is 5.97 Å². The fourth-order valence-electron chi connectivity index (χ4n) is 5.33. The molecule has 20 heavy (non-hydrogen) atoms. The molecule has 112 valence electrons. The summed E-state index contributed by atoms with van der Waals surface area (Å²) in [4.78, 5) is 11.5. The highest BCUT2D eigenvalue weighted by molar-refractivity contribution is 5.66. The molecule has 0 heterocycles. The zero-order valence-electron chi connectivity index (χ0n) is 13.1. The molecule has 3 rings (SSSR count). The van der Waals surface area contributed by atoms with Crippen molar-refractivity contribution in [3.05, 3.63) is 11.6 Å². The van der Waals surface area contributed by atoms with Crippen LogP contribution in [0.25, 0.3) is 0 Å². The lowest BCUT2D eigenvalue weighted by Gasteiger charge is -2.41. The molecule has 0 radical (unpaired) electrons. The SMILES string of the molecule is CC(=O)O[C@@H]1[C@@H]2[C@@H](CC3=C[C@@H](O)[C@H](C)[C@]32C)CC1(C)C. The maximum absolute atomic E-state index is 11.5. The van der Waals surface area contributed by atoms with Crippen LogP contribution < -0.4 is 0 Å². The van der Waals surface area contributed by atoms with Gasteiger partial charge in [0.2, 0.25) is 0 Å². The van der Waals surface area contributed by atoms with Gasteiger partial charge in [0.1, 0.15) is 6.10 Å². The van der Waals surface area contributed by atoms with E-state index in [9.17, 15) is 9.90 Å². The summed E-state index contributed by atoms with van der Waals surface area (Å²) in [6.07, 6.45) is 3.84. The maximum Gasteiger partial charge on any atom is 0.302 e. The highest BCUT2D eigenvalue weighted by Gasteiger charge is 2.65. The van der Waals surface area contributed by atoms with Gasteiger partial charge in [-0.1, -0.05) is 39.3 Å². The largest absolute Gasteiger partial charge is 0.462 e. The topological polar surface area (TPSA) is 46.5 Å². The summed E-state index contributed by atoms with van der Waals surface area (Å²) in [7, 11) is 0. The molecule has 0 aromatic carbocycles. The fourth-order valence-corrected chi connectivity index (χ4v) is 5.33. The van der Waals surface area contributed by atoms with E-state index in [-0.39, 0.29) is 34.9 Å². The molecule has 2 saturated carbocycles. The number of ether oxygens (including phenoxy) is 1. The molecule has 6 atom stereocenters. The number of aliphatic hydroxyl groups is 1. The summed E-state index contributed by atoms with van der Waals surface area (Å²) >= 11 is 0. The van der Waals surface area contributed by atoms with Crippen molar-refractivity contribution < 1.29 is 14.6 Å². The number of fused-ring (bicyclic) bond motifs is 3. The number of carbonyl (C=O) groups is 1. The molecule has 2 fully saturated rings. The minimum Gasteiger partial charge on any atom is -0.462 e. The number of rotatable bonds is 1. The van der Waals surface area contributed by atoms with Gasteiger partial charge in [0.15, 0.2) is 0 Å². The Labute approximate surface area is 121 Å². The van der Waals surface area contributed by atoms with Crippen LogP contribution in [0.15, 0.2) is 11.6 Å². The first-order valence-corrected chi connectivity index (χ1v) is 7.74. The van der Waals surface area contributed by atoms with Crippen molar-refractivity contribution in [2.45, 2.75) is 59.7 Å². The maximum atomic E-state index is 11.5. The Kier molecular flexibility index (Phi) is 2.89. The predicted octanol–water partition coefficient (Wildman–Crippen LogP) is 2.93. The third kappa shape index (κ3) is 1.65. The first kappa shape index (κ1) is 14.1. The van der Waals surface area contributed by atoms with Crippen LogP contribution >= 0.6 is 0 Å². The van der Waals surface area contributed by atoms with Gasteiger partial charge in [0.05, 0.1) is 6.10 Å². The molecule has 0 aromatic rings. The number of hydrogen-bond donors (Lipinski definition) is 1. The first-order valence-electron chi connectivity index (χ1n) is 7.74. The highest BCUT2D eigenvalue weighted by atomic mass is 16.5. The molecule has 1 N–H and O–H groups in total. The van der Waals surface area contributed by atoms with Crippen molar-refractivity contribution in [3.8, 4) is 0 Å². The zero-order chi connectivity index (χ0) is 14.9. The third-order valence-corrected chi connectivity index (χ3v) is 6.38. The smallest absolute Gasteiger partial charge is 0.302 e. The summed E-state index contributed by atoms with van der Waals surface area (Å²) in [5.41, 5.74) is 1.40. The van der Waals surface area contributed by atoms with Crippen LogP contribution in [0.4, 0.5) is 0 Å². The standard InChI is InChI=1S/C17H26O3/c1-9-13(19)7-12-6-11-8-16(3,4)15(20-10(2)18)14(11)17(9,12)5/h7,9,11,13-15,19H,6,8H2,1-5H3/t9-,11-,13+,14-,15+,17+/m0/s1. The molecule has 3 aliphatic carbocycles. The Hall–Kier alpha value is -0.830. The molecule has 0 spiro atoms. The number of aliphatic hydroxyl groups excluding tert-OH is 1. The summed E-state index contributed by atoms with van der Waals surface area (Å²) < 4.78 is 5.75. The lowest BCUT2D eigenvalue weighted by atomic mass is 9.67. The van der Waals surface area contributed by atoms with Crippen molar-refractivity contribution in [2.75, 3.05) is 0 Å². The van der Waals surface area contributed by atoms with E-state index in [4.69, 9.17) is 4.74 Å². The number of esters is 1. The zero-order valence-corrected chi connectivity index (χ0v) is 13.1. The number of allylic oxidation sites excluding steroid dienone is 1. The molecule has 0 saturated heterocycles. The minimum atomic E-state index is -0.349. The Bertz CT molecular complexity index is 479. The van der Waals surface area contributed by atoms with E-state index in [0.717, 1.165) is 12.8 Å². The lowest BCUT2D eigenvalue weighted by molar-refractivity contribution is -0.157. The van der Waals surface area contributed by atoms with Crippen LogP contribution in [0.5, 0.6) is 0 Å². The first-order chi connectivity index (χ1) is 9.18. The summed E-state index contributed by atoms with van der Waals surface area (Å²) in [5, 5.41) is 10.2. The Morgan fingerprint density at radius 3 is 2.65 bits per heavy atom. The number of carbonyl (C=O) groups excluding carboxylic acids is 1. The predicted molar refractivity (Wildman–Crippen MR) is 76.9 cm³/mol. The van der Waals surface area contributed by atoms with E-state index in [1.54, 1.807) is 0 Å². The van der Waals surface area contributed by atoms with Crippen molar-refractivity contribution in [1.82, 2.24) is 0 Å². The average molecular weight is 278 g/mol. The van der Waals surface area contributed by atoms with Gasteiger partial charge in [-0.05, 0) is 24.7 Å². The van der Waals surface area contributed by atoms with E-state index in [1.807, 2.05) is 0 Å². The minimum absolute atomic E-state index is 0.0159. The second kappa shape index (κ2) is 4.09. The Morgan fingerprint density at radius 2 is 2.05 bits per heavy atom. The average Bonchev–Trinajstić information content (AvgIpc) is 2.78. The van der Waals surface area contributed by atoms with E-state index in [1.165, 1.54) is 12.5 Å². The van der Waals surface area contributed by atoms with Crippen molar-refractivity contribution in [1.29, 1.82) is 0 Å². The van der Waals surface area contributed by atoms with Crippen molar-refractivity contribution in [2.24, 2.45) is 28.6 Å². The van der Waals surface area contributed by atoms with E-state index < -0.39 is 0 Å². The van der Waals surface area contributed by atoms with Gasteiger partial charge in [-0.15, -0.1) is 0 Å². The molecule has 0 unspecified atom stereocenters. The van der Waals surface area contributed by atoms with Crippen LogP contribution in [-0.2, 0) is 9.53 Å². The second-order valence-corrected chi connectivity index (χ2v) is 7.97. The monoisotopic (exact) mass is 278 g/mol. The van der Waals surface area contributed by atoms with Crippen LogP contribution in [0.1, 0.15) is 47.5 Å². The molecule has 0 aliphatic heterocycles. The molecule has 3 nitrogen and oxygen atoms in total. The van der Waals surface area contributed by atoms with E-state index in [0.29, 0.717) is 11.8 Å². The molecule has 0 aromatic heterocycles. The Balaban J connectivity index is 2.01. The van der Waals surface area contributed by atoms with Gasteiger partial charge in [0.25, 0.3) is 0 Å². The second-order valence-electron chi connectivity index (χ2n) is 7.97. The van der Waals surface area contributed by atoms with Gasteiger partial charge in [-0.3, -0.25) is 4.79 Å². The summed E-state index contributed by atoms with van der Waals surface area (Å²) in [6, 6.07) is 0. The van der Waals surface area contributed by atoms with Gasteiger partial charge in [-0.25, -0.2) is 0 Å². The van der Waals surface area contributed by atoms with Crippen molar-refractivity contribution in [3.63, 3.8) is 0 Å². The molecule has 0 amide bonds. The van der Waals surface area contributed by atoms with Crippen LogP contribution in [0, 0.1) is 28.6 Å². The quantitative estimate of drug-likeness (QED) is 0.592. The molecule has 0 bridgehead atoms. The fraction of sp³-hybridized carbons (Fsp3) is 0.824. The van der Waals surface area contributed by atoms with Crippen LogP contribution in [0.3, 0.4) is 0 Å². The van der Waals surface area contributed by atoms with Gasteiger partial charge < -0.3 is 9.84 Å². The molecule has 3 heteroatoms. The van der Waals surface area contributed by atoms with Crippen molar-refractivity contribution >= 4 is 5.97 Å². The molecular weight excluding hydrogens is 252 g/mol. The van der Waals surface area contributed by atoms with E-state index >= 15 is 0 Å². The highest BCUT2D eigenvalue weighted by Crippen LogP contribution is 2.67. The summed E-state index contributed by atoms with van der Waals surface area (Å²) in [5.74, 6) is 0.954. The Morgan fingerprint density at radius 1 is 1.40 bits per heavy atom.